The van der Waals surface area contributed by atoms with Crippen LogP contribution in [0.3, 0.4) is 0 Å². The topological polar surface area (TPSA) is 90.8 Å². The number of anilines is 2. The molecule has 8 heteroatoms. The van der Waals surface area contributed by atoms with Gasteiger partial charge in [-0.15, -0.1) is 0 Å². The predicted octanol–water partition coefficient (Wildman–Crippen LogP) is 3.08. The van der Waals surface area contributed by atoms with Gasteiger partial charge in [0.25, 0.3) is 0 Å². The van der Waals surface area contributed by atoms with Gasteiger partial charge in [-0.1, -0.05) is 18.9 Å². The number of nitrogens with zero attached hydrogens (tertiary/aromatic N) is 5. The third kappa shape index (κ3) is 3.19. The van der Waals surface area contributed by atoms with Crippen LogP contribution in [0.15, 0.2) is 18.2 Å². The fourth-order valence-corrected chi connectivity index (χ4v) is 3.79. The molecule has 0 atom stereocenters. The lowest BCUT2D eigenvalue weighted by molar-refractivity contribution is 0.355. The molecular formula is C20H26N6O2. The summed E-state index contributed by atoms with van der Waals surface area (Å²) in [5, 5.41) is 4.57. The summed E-state index contributed by atoms with van der Waals surface area (Å²) in [6.45, 7) is 3.86. The number of fused-ring (bicyclic) bond motifs is 1. The number of methoxy groups -OCH3 is 2. The summed E-state index contributed by atoms with van der Waals surface area (Å²) < 4.78 is 12.4. The van der Waals surface area contributed by atoms with E-state index in [1.807, 2.05) is 25.1 Å². The molecule has 1 aliphatic heterocycles. The van der Waals surface area contributed by atoms with E-state index < -0.39 is 0 Å². The average molecular weight is 382 g/mol. The fourth-order valence-electron chi connectivity index (χ4n) is 3.79. The molecule has 0 aliphatic carbocycles. The number of benzene rings is 1. The van der Waals surface area contributed by atoms with Gasteiger partial charge in [-0.2, -0.15) is 19.6 Å². The van der Waals surface area contributed by atoms with Gasteiger partial charge in [0.05, 0.1) is 19.9 Å². The number of rotatable bonds is 4. The second-order valence-corrected chi connectivity index (χ2v) is 7.05. The summed E-state index contributed by atoms with van der Waals surface area (Å²) in [7, 11) is 3.25. The van der Waals surface area contributed by atoms with Gasteiger partial charge in [0.1, 0.15) is 0 Å². The molecule has 2 aromatic heterocycles. The number of aromatic nitrogens is 4. The first-order chi connectivity index (χ1) is 13.6. The predicted molar refractivity (Wildman–Crippen MR) is 109 cm³/mol. The van der Waals surface area contributed by atoms with Gasteiger partial charge in [0.15, 0.2) is 17.1 Å². The number of nitrogen functional groups attached to an aromatic ring is 1. The standard InChI is InChI=1S/C20H26N6O2/c1-13-17(14-8-9-15(27-2)16(12-14)28-3)18-22-20(23-19(21)26(18)24-13)25-10-6-4-5-7-11-25/h8-9,12H,4-7,10-11H2,1-3H3,(H2,21,22,23). The summed E-state index contributed by atoms with van der Waals surface area (Å²) in [6.07, 6.45) is 4.79. The Bertz CT molecular complexity index is 992. The van der Waals surface area contributed by atoms with Crippen molar-refractivity contribution < 1.29 is 9.47 Å². The van der Waals surface area contributed by atoms with Crippen LogP contribution >= 0.6 is 0 Å². The summed E-state index contributed by atoms with van der Waals surface area (Å²) >= 11 is 0. The highest BCUT2D eigenvalue weighted by molar-refractivity contribution is 5.82. The van der Waals surface area contributed by atoms with Gasteiger partial charge in [-0.3, -0.25) is 0 Å². The van der Waals surface area contributed by atoms with Gasteiger partial charge in [0, 0.05) is 18.7 Å². The minimum absolute atomic E-state index is 0.346. The molecule has 0 saturated carbocycles. The Morgan fingerprint density at radius 2 is 1.68 bits per heavy atom. The summed E-state index contributed by atoms with van der Waals surface area (Å²) in [5.41, 5.74) is 9.65. The zero-order valence-electron chi connectivity index (χ0n) is 16.6. The Morgan fingerprint density at radius 3 is 2.36 bits per heavy atom. The molecule has 28 heavy (non-hydrogen) atoms. The summed E-state index contributed by atoms with van der Waals surface area (Å²) in [5.74, 6) is 2.36. The highest BCUT2D eigenvalue weighted by Crippen LogP contribution is 2.35. The Labute approximate surface area is 164 Å². The number of hydrogen-bond donors (Lipinski definition) is 1. The van der Waals surface area contributed by atoms with Gasteiger partial charge in [-0.05, 0) is 37.5 Å². The molecule has 1 aromatic carbocycles. The highest BCUT2D eigenvalue weighted by Gasteiger charge is 2.20. The zero-order chi connectivity index (χ0) is 19.7. The largest absolute Gasteiger partial charge is 0.493 e. The maximum absolute atomic E-state index is 6.24. The number of aryl methyl sites for hydroxylation is 1. The minimum atomic E-state index is 0.346. The van der Waals surface area contributed by atoms with Gasteiger partial charge in [0.2, 0.25) is 11.9 Å². The molecule has 0 amide bonds. The van der Waals surface area contributed by atoms with Crippen LogP contribution in [0.5, 0.6) is 11.5 Å². The zero-order valence-corrected chi connectivity index (χ0v) is 16.6. The van der Waals surface area contributed by atoms with E-state index in [0.29, 0.717) is 29.0 Å². The molecule has 1 fully saturated rings. The van der Waals surface area contributed by atoms with Gasteiger partial charge < -0.3 is 20.1 Å². The van der Waals surface area contributed by atoms with Crippen LogP contribution in [0.2, 0.25) is 0 Å². The molecule has 1 saturated heterocycles. The van der Waals surface area contributed by atoms with Crippen molar-refractivity contribution in [2.24, 2.45) is 0 Å². The van der Waals surface area contributed by atoms with Crippen molar-refractivity contribution >= 4 is 17.5 Å². The Kier molecular flexibility index (Phi) is 4.93. The average Bonchev–Trinajstić information content (AvgIpc) is 2.87. The summed E-state index contributed by atoms with van der Waals surface area (Å²) in [4.78, 5) is 11.6. The second kappa shape index (κ2) is 7.53. The van der Waals surface area contributed by atoms with E-state index in [1.165, 1.54) is 12.8 Å². The molecule has 8 nitrogen and oxygen atoms in total. The maximum atomic E-state index is 6.24. The minimum Gasteiger partial charge on any atom is -0.493 e. The van der Waals surface area contributed by atoms with Crippen molar-refractivity contribution in [3.8, 4) is 22.6 Å². The van der Waals surface area contributed by atoms with Gasteiger partial charge >= 0.3 is 0 Å². The van der Waals surface area contributed by atoms with Crippen molar-refractivity contribution in [3.63, 3.8) is 0 Å². The van der Waals surface area contributed by atoms with Crippen LogP contribution in [0.25, 0.3) is 16.8 Å². The molecule has 2 N–H and O–H groups in total. The summed E-state index contributed by atoms with van der Waals surface area (Å²) in [6, 6.07) is 5.80. The Balaban J connectivity index is 1.85. The molecule has 148 valence electrons. The van der Waals surface area contributed by atoms with Gasteiger partial charge in [-0.25, -0.2) is 0 Å². The Hall–Kier alpha value is -3.03. The third-order valence-corrected chi connectivity index (χ3v) is 5.23. The van der Waals surface area contributed by atoms with E-state index in [0.717, 1.165) is 42.8 Å². The molecule has 1 aliphatic rings. The van der Waals surface area contributed by atoms with Crippen molar-refractivity contribution in [2.75, 3.05) is 37.9 Å². The second-order valence-electron chi connectivity index (χ2n) is 7.05. The Morgan fingerprint density at radius 1 is 0.964 bits per heavy atom. The lowest BCUT2D eigenvalue weighted by Gasteiger charge is -2.20. The van der Waals surface area contributed by atoms with Crippen LogP contribution < -0.4 is 20.1 Å². The van der Waals surface area contributed by atoms with E-state index in [1.54, 1.807) is 18.7 Å². The van der Waals surface area contributed by atoms with Crippen molar-refractivity contribution in [1.29, 1.82) is 0 Å². The molecular weight excluding hydrogens is 356 g/mol. The van der Waals surface area contributed by atoms with Crippen LogP contribution in [0, 0.1) is 6.92 Å². The van der Waals surface area contributed by atoms with Crippen molar-refractivity contribution in [2.45, 2.75) is 32.6 Å². The molecule has 0 bridgehead atoms. The fraction of sp³-hybridized carbons (Fsp3) is 0.450. The molecule has 3 heterocycles. The number of hydrogen-bond acceptors (Lipinski definition) is 7. The van der Waals surface area contributed by atoms with Crippen molar-refractivity contribution in [1.82, 2.24) is 19.6 Å². The maximum Gasteiger partial charge on any atom is 0.230 e. The van der Waals surface area contributed by atoms with E-state index in [9.17, 15) is 0 Å². The number of nitrogens with two attached hydrogens (primary N) is 1. The van der Waals surface area contributed by atoms with E-state index in [2.05, 4.69) is 15.0 Å². The molecule has 3 aromatic rings. The quantitative estimate of drug-likeness (QED) is 0.741. The van der Waals surface area contributed by atoms with Crippen LogP contribution in [-0.4, -0.2) is 46.9 Å². The molecule has 0 spiro atoms. The van der Waals surface area contributed by atoms with Crippen molar-refractivity contribution in [3.05, 3.63) is 23.9 Å². The van der Waals surface area contributed by atoms with E-state index in [4.69, 9.17) is 20.2 Å². The van der Waals surface area contributed by atoms with Crippen LogP contribution in [0.1, 0.15) is 31.4 Å². The highest BCUT2D eigenvalue weighted by atomic mass is 16.5. The SMILES string of the molecule is COc1ccc(-c2c(C)nn3c(N)nc(N4CCCCCC4)nc23)cc1OC. The first kappa shape index (κ1) is 18.3. The van der Waals surface area contributed by atoms with Crippen LogP contribution in [0.4, 0.5) is 11.9 Å². The lowest BCUT2D eigenvalue weighted by Crippen LogP contribution is -2.27. The molecule has 0 unspecified atom stereocenters. The number of ether oxygens (including phenoxy) is 2. The van der Waals surface area contributed by atoms with E-state index >= 15 is 0 Å². The third-order valence-electron chi connectivity index (χ3n) is 5.23. The molecule has 4 rings (SSSR count). The smallest absolute Gasteiger partial charge is 0.230 e. The molecule has 0 radical (unpaired) electrons. The van der Waals surface area contributed by atoms with E-state index in [-0.39, 0.29) is 0 Å². The van der Waals surface area contributed by atoms with Crippen LogP contribution in [-0.2, 0) is 0 Å². The normalized spacial score (nSPS) is 14.9. The monoisotopic (exact) mass is 382 g/mol. The lowest BCUT2D eigenvalue weighted by atomic mass is 10.1. The first-order valence-electron chi connectivity index (χ1n) is 9.62. The first-order valence-corrected chi connectivity index (χ1v) is 9.62.